The lowest BCUT2D eigenvalue weighted by Gasteiger charge is -2.14. The average molecular weight is 415 g/mol. The molecule has 3 aromatic rings. The van der Waals surface area contributed by atoms with Gasteiger partial charge in [0.15, 0.2) is 0 Å². The largest absolute Gasteiger partial charge is 0.325 e. The van der Waals surface area contributed by atoms with Crippen molar-refractivity contribution in [1.82, 2.24) is 9.97 Å². The van der Waals surface area contributed by atoms with E-state index < -0.39 is 10.2 Å². The number of nitrogens with one attached hydrogen (secondary N) is 1. The molecule has 0 spiro atoms. The van der Waals surface area contributed by atoms with Crippen molar-refractivity contribution in [2.75, 3.05) is 5.32 Å². The molecule has 1 amide bonds. The SMILES string of the molecule is CC(Sc1ncnc2sc3c(c12)CCCC3)C(=O)Nc1cccc([N+](=O)[O-])c1. The van der Waals surface area contributed by atoms with Crippen LogP contribution in [0.5, 0.6) is 0 Å². The third-order valence-electron chi connectivity index (χ3n) is 4.70. The van der Waals surface area contributed by atoms with Gasteiger partial charge in [-0.3, -0.25) is 14.9 Å². The van der Waals surface area contributed by atoms with E-state index in [1.165, 1.54) is 47.2 Å². The molecule has 7 nitrogen and oxygen atoms in total. The van der Waals surface area contributed by atoms with Gasteiger partial charge in [-0.15, -0.1) is 11.3 Å². The van der Waals surface area contributed by atoms with Crippen molar-refractivity contribution in [3.63, 3.8) is 0 Å². The summed E-state index contributed by atoms with van der Waals surface area (Å²) in [6.07, 6.45) is 6.05. The summed E-state index contributed by atoms with van der Waals surface area (Å²) in [4.78, 5) is 34.3. The van der Waals surface area contributed by atoms with Gasteiger partial charge in [0.05, 0.1) is 10.2 Å². The van der Waals surface area contributed by atoms with Crippen LogP contribution in [0.25, 0.3) is 10.2 Å². The third-order valence-corrected chi connectivity index (χ3v) is 7.00. The zero-order valence-electron chi connectivity index (χ0n) is 15.2. The van der Waals surface area contributed by atoms with E-state index in [2.05, 4.69) is 15.3 Å². The van der Waals surface area contributed by atoms with Gasteiger partial charge in [-0.25, -0.2) is 9.97 Å². The lowest BCUT2D eigenvalue weighted by molar-refractivity contribution is -0.384. The Morgan fingerprint density at radius 2 is 2.14 bits per heavy atom. The highest BCUT2D eigenvalue weighted by atomic mass is 32.2. The number of carbonyl (C=O) groups is 1. The zero-order chi connectivity index (χ0) is 19.7. The molecule has 1 aliphatic rings. The second-order valence-corrected chi connectivity index (χ2v) is 9.04. The van der Waals surface area contributed by atoms with Crippen LogP contribution >= 0.6 is 23.1 Å². The lowest BCUT2D eigenvalue weighted by atomic mass is 9.97. The fourth-order valence-corrected chi connectivity index (χ4v) is 5.55. The maximum absolute atomic E-state index is 12.6. The minimum atomic E-state index is -0.481. The summed E-state index contributed by atoms with van der Waals surface area (Å²) in [7, 11) is 0. The Balaban J connectivity index is 1.54. The van der Waals surface area contributed by atoms with E-state index in [0.29, 0.717) is 5.69 Å². The number of nitro benzene ring substituents is 1. The molecule has 1 atom stereocenters. The third kappa shape index (κ3) is 3.72. The summed E-state index contributed by atoms with van der Waals surface area (Å²) in [6, 6.07) is 5.94. The number of fused-ring (bicyclic) bond motifs is 3. The number of anilines is 1. The molecule has 9 heteroatoms. The first kappa shape index (κ1) is 18.8. The van der Waals surface area contributed by atoms with Crippen molar-refractivity contribution < 1.29 is 9.72 Å². The van der Waals surface area contributed by atoms with Crippen molar-refractivity contribution in [2.45, 2.75) is 42.9 Å². The number of hydrogen-bond donors (Lipinski definition) is 1. The lowest BCUT2D eigenvalue weighted by Crippen LogP contribution is -2.22. The molecule has 1 aromatic carbocycles. The highest BCUT2D eigenvalue weighted by molar-refractivity contribution is 8.00. The fraction of sp³-hybridized carbons (Fsp3) is 0.316. The Hall–Kier alpha value is -2.52. The van der Waals surface area contributed by atoms with Gasteiger partial charge in [-0.1, -0.05) is 17.8 Å². The number of thiophene rings is 1. The van der Waals surface area contributed by atoms with Crippen LogP contribution in [0.4, 0.5) is 11.4 Å². The number of rotatable bonds is 5. The number of nitrogens with zero attached hydrogens (tertiary/aromatic N) is 3. The van der Waals surface area contributed by atoms with Crippen LogP contribution in [0.2, 0.25) is 0 Å². The molecule has 144 valence electrons. The number of hydrogen-bond acceptors (Lipinski definition) is 7. The van der Waals surface area contributed by atoms with Gasteiger partial charge in [0.25, 0.3) is 5.69 Å². The van der Waals surface area contributed by atoms with Crippen LogP contribution in [0.1, 0.15) is 30.2 Å². The molecule has 0 bridgehead atoms. The highest BCUT2D eigenvalue weighted by Crippen LogP contribution is 2.40. The number of non-ortho nitro benzene ring substituents is 1. The predicted octanol–water partition coefficient (Wildman–Crippen LogP) is 4.60. The molecular formula is C19H18N4O3S2. The van der Waals surface area contributed by atoms with Crippen LogP contribution in [0, 0.1) is 10.1 Å². The van der Waals surface area contributed by atoms with Gasteiger partial charge in [0.1, 0.15) is 16.2 Å². The quantitative estimate of drug-likeness (QED) is 0.284. The monoisotopic (exact) mass is 414 g/mol. The Labute approximate surface area is 169 Å². The van der Waals surface area contributed by atoms with Crippen molar-refractivity contribution in [3.8, 4) is 0 Å². The molecule has 1 aliphatic carbocycles. The van der Waals surface area contributed by atoms with Crippen molar-refractivity contribution in [2.24, 2.45) is 0 Å². The van der Waals surface area contributed by atoms with Gasteiger partial charge >= 0.3 is 0 Å². The normalized spacial score (nSPS) is 14.5. The molecule has 1 N–H and O–H groups in total. The van der Waals surface area contributed by atoms with Gasteiger partial charge in [0, 0.05) is 28.1 Å². The number of aromatic nitrogens is 2. The molecule has 0 saturated heterocycles. The fourth-order valence-electron chi connectivity index (χ4n) is 3.31. The number of amides is 1. The molecule has 2 aromatic heterocycles. The maximum atomic E-state index is 12.6. The van der Waals surface area contributed by atoms with E-state index in [4.69, 9.17) is 0 Å². The molecular weight excluding hydrogens is 396 g/mol. The van der Waals surface area contributed by atoms with Crippen molar-refractivity contribution in [1.29, 1.82) is 0 Å². The highest BCUT2D eigenvalue weighted by Gasteiger charge is 2.23. The average Bonchev–Trinajstić information content (AvgIpc) is 3.07. The molecule has 4 rings (SSSR count). The Morgan fingerprint density at radius 1 is 1.32 bits per heavy atom. The van der Waals surface area contributed by atoms with E-state index >= 15 is 0 Å². The number of carbonyl (C=O) groups excluding carboxylic acids is 1. The van der Waals surface area contributed by atoms with Crippen LogP contribution in [0.3, 0.4) is 0 Å². The summed E-state index contributed by atoms with van der Waals surface area (Å²) in [5.74, 6) is -0.221. The van der Waals surface area contributed by atoms with Crippen molar-refractivity contribution in [3.05, 3.63) is 51.1 Å². The molecule has 0 saturated carbocycles. The summed E-state index contributed by atoms with van der Waals surface area (Å²) >= 11 is 3.13. The van der Waals surface area contributed by atoms with Crippen LogP contribution < -0.4 is 5.32 Å². The first-order valence-corrected chi connectivity index (χ1v) is 10.7. The zero-order valence-corrected chi connectivity index (χ0v) is 16.8. The number of nitro groups is 1. The second kappa shape index (κ2) is 7.84. The molecule has 0 radical (unpaired) electrons. The first-order valence-electron chi connectivity index (χ1n) is 9.00. The van der Waals surface area contributed by atoms with Crippen molar-refractivity contribution >= 4 is 50.6 Å². The minimum Gasteiger partial charge on any atom is -0.325 e. The van der Waals surface area contributed by atoms with Gasteiger partial charge in [0.2, 0.25) is 5.91 Å². The molecule has 0 aliphatic heterocycles. The van der Waals surface area contributed by atoms with E-state index in [-0.39, 0.29) is 11.6 Å². The standard InChI is InChI=1S/C19H18N4O3S2/c1-11(17(24)22-12-5-4-6-13(9-12)23(25)26)27-18-16-14-7-2-3-8-15(14)28-19(16)21-10-20-18/h4-6,9-11H,2-3,7-8H2,1H3,(H,22,24). The Kier molecular flexibility index (Phi) is 5.27. The smallest absolute Gasteiger partial charge is 0.271 e. The number of aryl methyl sites for hydroxylation is 2. The van der Waals surface area contributed by atoms with E-state index in [1.807, 2.05) is 6.92 Å². The summed E-state index contributed by atoms with van der Waals surface area (Å²) < 4.78 is 0. The summed E-state index contributed by atoms with van der Waals surface area (Å²) in [6.45, 7) is 1.81. The molecule has 28 heavy (non-hydrogen) atoms. The summed E-state index contributed by atoms with van der Waals surface area (Å²) in [5.41, 5.74) is 1.69. The van der Waals surface area contributed by atoms with E-state index in [9.17, 15) is 14.9 Å². The maximum Gasteiger partial charge on any atom is 0.271 e. The van der Waals surface area contributed by atoms with Gasteiger partial charge < -0.3 is 5.32 Å². The second-order valence-electron chi connectivity index (χ2n) is 6.63. The molecule has 2 heterocycles. The topological polar surface area (TPSA) is 98.0 Å². The van der Waals surface area contributed by atoms with Crippen LogP contribution in [0.15, 0.2) is 35.6 Å². The Morgan fingerprint density at radius 3 is 2.96 bits per heavy atom. The van der Waals surface area contributed by atoms with Gasteiger partial charge in [-0.05, 0) is 44.2 Å². The summed E-state index contributed by atoms with van der Waals surface area (Å²) in [5, 5.41) is 15.2. The minimum absolute atomic E-state index is 0.0551. The molecule has 0 fully saturated rings. The van der Waals surface area contributed by atoms with Gasteiger partial charge in [-0.2, -0.15) is 0 Å². The van der Waals surface area contributed by atoms with Crippen LogP contribution in [-0.2, 0) is 17.6 Å². The molecule has 1 unspecified atom stereocenters. The van der Waals surface area contributed by atoms with E-state index in [0.717, 1.165) is 28.1 Å². The number of benzene rings is 1. The van der Waals surface area contributed by atoms with E-state index in [1.54, 1.807) is 29.8 Å². The predicted molar refractivity (Wildman–Crippen MR) is 111 cm³/mol. The first-order chi connectivity index (χ1) is 13.5. The Bertz CT molecular complexity index is 1070. The van der Waals surface area contributed by atoms with Crippen LogP contribution in [-0.4, -0.2) is 26.0 Å². The number of thioether (sulfide) groups is 1.